The molecule has 0 radical (unpaired) electrons. The van der Waals surface area contributed by atoms with E-state index in [2.05, 4.69) is 32.6 Å². The molecule has 1 saturated carbocycles. The minimum atomic E-state index is -1.62. The number of rotatable bonds is 6. The lowest BCUT2D eigenvalue weighted by atomic mass is 10.3. The molecule has 0 spiro atoms. The number of halogens is 2. The van der Waals surface area contributed by atoms with Crippen molar-refractivity contribution >= 4 is 62.4 Å². The molecule has 2 N–H and O–H groups in total. The number of benzene rings is 1. The van der Waals surface area contributed by atoms with E-state index in [9.17, 15) is 9.00 Å². The van der Waals surface area contributed by atoms with Crippen molar-refractivity contribution in [3.8, 4) is 5.75 Å². The van der Waals surface area contributed by atoms with Crippen LogP contribution in [0, 0.1) is 3.57 Å². The third kappa shape index (κ3) is 4.12. The summed E-state index contributed by atoms with van der Waals surface area (Å²) in [4.78, 5) is 12.2. The van der Waals surface area contributed by atoms with Crippen LogP contribution in [-0.4, -0.2) is 16.9 Å². The minimum Gasteiger partial charge on any atom is -0.494 e. The van der Waals surface area contributed by atoms with Crippen molar-refractivity contribution in [2.75, 3.05) is 17.1 Å². The maximum atomic E-state index is 12.4. The standard InChI is InChI=1S/C16H17ClIN3O3S/c1-21-14(22)8-13(24-2)15(20-25(23)10-4-5-10)16(21)19-12-6-3-9(18)7-11(12)17/h3,6-8,10,19H,4-5H2,1-2H3,(H,20,23)/p+1. The predicted molar refractivity (Wildman–Crippen MR) is 112 cm³/mol. The van der Waals surface area contributed by atoms with Gasteiger partial charge >= 0.3 is 0 Å². The average Bonchev–Trinajstić information content (AvgIpc) is 3.41. The highest BCUT2D eigenvalue weighted by molar-refractivity contribution is 14.1. The van der Waals surface area contributed by atoms with Crippen LogP contribution in [0.5, 0.6) is 5.75 Å². The average molecular weight is 495 g/mol. The van der Waals surface area contributed by atoms with Crippen LogP contribution in [0.25, 0.3) is 0 Å². The van der Waals surface area contributed by atoms with E-state index < -0.39 is 11.0 Å². The summed E-state index contributed by atoms with van der Waals surface area (Å²) in [5.41, 5.74) is 0.899. The first-order valence-corrected chi connectivity index (χ1v) is 10.4. The van der Waals surface area contributed by atoms with Crippen LogP contribution >= 0.6 is 34.2 Å². The number of anilines is 3. The van der Waals surface area contributed by atoms with Gasteiger partial charge in [0, 0.05) is 29.5 Å². The Labute approximate surface area is 166 Å². The topological polar surface area (TPSA) is 72.4 Å². The summed E-state index contributed by atoms with van der Waals surface area (Å²) in [6.45, 7) is 0. The van der Waals surface area contributed by atoms with Crippen LogP contribution in [0.3, 0.4) is 0 Å². The number of nitrogens with zero attached hydrogens (tertiary/aromatic N) is 1. The molecular formula is C16H18ClIN3O3S+. The van der Waals surface area contributed by atoms with E-state index in [1.54, 1.807) is 7.05 Å². The lowest BCUT2D eigenvalue weighted by molar-refractivity contribution is 0.415. The summed E-state index contributed by atoms with van der Waals surface area (Å²) >= 11 is 8.47. The van der Waals surface area contributed by atoms with Crippen LogP contribution in [0.4, 0.5) is 17.2 Å². The molecule has 1 heterocycles. The van der Waals surface area contributed by atoms with E-state index in [4.69, 9.17) is 16.3 Å². The number of hydrogen-bond acceptors (Lipinski definition) is 4. The molecule has 0 amide bonds. The summed E-state index contributed by atoms with van der Waals surface area (Å²) in [6, 6.07) is 6.93. The highest BCUT2D eigenvalue weighted by Gasteiger charge is 2.36. The molecular weight excluding hydrogens is 477 g/mol. The molecule has 1 aromatic carbocycles. The van der Waals surface area contributed by atoms with Gasteiger partial charge < -0.3 is 10.1 Å². The SMILES string of the molecule is COc1cc(=O)n(C)c(Nc2ccc(I)cc2Cl)c1N[SH+](=O)C1CC1. The summed E-state index contributed by atoms with van der Waals surface area (Å²) in [5, 5.41) is 3.87. The van der Waals surface area contributed by atoms with Crippen LogP contribution in [0.2, 0.25) is 5.02 Å². The number of hydrogen-bond donors (Lipinski definition) is 2. The van der Waals surface area contributed by atoms with Gasteiger partial charge in [0.15, 0.2) is 22.4 Å². The molecule has 0 aliphatic heterocycles. The van der Waals surface area contributed by atoms with Crippen LogP contribution < -0.4 is 20.3 Å². The van der Waals surface area contributed by atoms with Crippen molar-refractivity contribution in [2.45, 2.75) is 18.1 Å². The molecule has 134 valence electrons. The van der Waals surface area contributed by atoms with Gasteiger partial charge in [-0.15, -0.1) is 0 Å². The zero-order valence-electron chi connectivity index (χ0n) is 13.7. The molecule has 9 heteroatoms. The molecule has 1 atom stereocenters. The van der Waals surface area contributed by atoms with Crippen molar-refractivity contribution in [1.29, 1.82) is 0 Å². The second-order valence-electron chi connectivity index (χ2n) is 5.75. The van der Waals surface area contributed by atoms with Gasteiger partial charge in [0.05, 0.1) is 17.8 Å². The fourth-order valence-corrected chi connectivity index (χ4v) is 4.46. The maximum absolute atomic E-state index is 12.4. The number of nitrogens with one attached hydrogen (secondary N) is 2. The van der Waals surface area contributed by atoms with Crippen molar-refractivity contribution in [3.63, 3.8) is 0 Å². The van der Waals surface area contributed by atoms with Gasteiger partial charge in [-0.2, -0.15) is 0 Å². The summed E-state index contributed by atoms with van der Waals surface area (Å²) in [5.74, 6) is 0.799. The first kappa shape index (κ1) is 18.5. The van der Waals surface area contributed by atoms with Gasteiger partial charge in [-0.3, -0.25) is 9.36 Å². The Morgan fingerprint density at radius 1 is 1.36 bits per heavy atom. The van der Waals surface area contributed by atoms with Crippen molar-refractivity contribution in [3.05, 3.63) is 43.2 Å². The molecule has 2 aromatic rings. The Balaban J connectivity index is 2.07. The van der Waals surface area contributed by atoms with Crippen molar-refractivity contribution in [1.82, 2.24) is 4.57 Å². The van der Waals surface area contributed by atoms with Gasteiger partial charge in [0.25, 0.3) is 5.56 Å². The lowest BCUT2D eigenvalue weighted by Gasteiger charge is -2.18. The summed E-state index contributed by atoms with van der Waals surface area (Å²) in [7, 11) is 1.50. The first-order valence-electron chi connectivity index (χ1n) is 7.64. The summed E-state index contributed by atoms with van der Waals surface area (Å²) in [6.07, 6.45) is 1.89. The van der Waals surface area contributed by atoms with E-state index in [0.717, 1.165) is 16.4 Å². The summed E-state index contributed by atoms with van der Waals surface area (Å²) < 4.78 is 23.2. The quantitative estimate of drug-likeness (QED) is 0.366. The molecule has 25 heavy (non-hydrogen) atoms. The fourth-order valence-electron chi connectivity index (χ4n) is 2.32. The third-order valence-electron chi connectivity index (χ3n) is 3.91. The number of ether oxygens (including phenoxy) is 1. The molecule has 0 saturated heterocycles. The van der Waals surface area contributed by atoms with Gasteiger partial charge in [-0.05, 0) is 40.8 Å². The molecule has 1 unspecified atom stereocenters. The van der Waals surface area contributed by atoms with Gasteiger partial charge in [0.1, 0.15) is 11.1 Å². The molecule has 3 rings (SSSR count). The van der Waals surface area contributed by atoms with E-state index in [1.165, 1.54) is 17.7 Å². The fraction of sp³-hybridized carbons (Fsp3) is 0.312. The van der Waals surface area contributed by atoms with Gasteiger partial charge in [-0.25, -0.2) is 4.72 Å². The highest BCUT2D eigenvalue weighted by Crippen LogP contribution is 2.37. The van der Waals surface area contributed by atoms with Crippen molar-refractivity contribution < 1.29 is 8.95 Å². The molecule has 1 aliphatic rings. The molecule has 0 bridgehead atoms. The van der Waals surface area contributed by atoms with E-state index >= 15 is 0 Å². The Morgan fingerprint density at radius 3 is 2.68 bits per heavy atom. The Morgan fingerprint density at radius 2 is 2.08 bits per heavy atom. The van der Waals surface area contributed by atoms with Gasteiger partial charge in [0.2, 0.25) is 0 Å². The number of thiol groups is 1. The molecule has 1 fully saturated rings. The zero-order valence-corrected chi connectivity index (χ0v) is 17.5. The molecule has 1 aromatic heterocycles. The van der Waals surface area contributed by atoms with E-state index in [0.29, 0.717) is 28.0 Å². The Hall–Kier alpha value is -1.26. The van der Waals surface area contributed by atoms with E-state index in [-0.39, 0.29) is 10.8 Å². The van der Waals surface area contributed by atoms with Gasteiger partial charge in [-0.1, -0.05) is 15.8 Å². The van der Waals surface area contributed by atoms with E-state index in [1.807, 2.05) is 18.2 Å². The predicted octanol–water partition coefficient (Wildman–Crippen LogP) is 3.58. The smallest absolute Gasteiger partial charge is 0.255 e. The monoisotopic (exact) mass is 494 g/mol. The second-order valence-corrected chi connectivity index (χ2v) is 9.01. The molecule has 1 aliphatic carbocycles. The Kier molecular flexibility index (Phi) is 5.59. The maximum Gasteiger partial charge on any atom is 0.255 e. The van der Waals surface area contributed by atoms with Crippen molar-refractivity contribution in [2.24, 2.45) is 7.05 Å². The first-order chi connectivity index (χ1) is 11.9. The lowest BCUT2D eigenvalue weighted by Crippen LogP contribution is -2.22. The third-order valence-corrected chi connectivity index (χ3v) is 6.52. The normalized spacial score (nSPS) is 14.9. The van der Waals surface area contributed by atoms with Crippen LogP contribution in [0.1, 0.15) is 12.8 Å². The number of aromatic nitrogens is 1. The molecule has 6 nitrogen and oxygen atoms in total. The number of methoxy groups -OCH3 is 1. The second kappa shape index (κ2) is 7.55. The largest absolute Gasteiger partial charge is 0.494 e. The van der Waals surface area contributed by atoms with Crippen LogP contribution in [-0.2, 0) is 22.2 Å². The van der Waals surface area contributed by atoms with Crippen LogP contribution in [0.15, 0.2) is 29.1 Å². The Bertz CT molecular complexity index is 899. The highest BCUT2D eigenvalue weighted by atomic mass is 127. The number of pyridine rings is 1. The minimum absolute atomic E-state index is 0.173. The zero-order chi connectivity index (χ0) is 18.1.